The van der Waals surface area contributed by atoms with E-state index in [0.717, 1.165) is 23.1 Å². The second kappa shape index (κ2) is 4.66. The van der Waals surface area contributed by atoms with Gasteiger partial charge in [-0.2, -0.15) is 0 Å². The number of ether oxygens (including phenoxy) is 1. The maximum absolute atomic E-state index is 13.1. The van der Waals surface area contributed by atoms with Gasteiger partial charge < -0.3 is 9.30 Å². The summed E-state index contributed by atoms with van der Waals surface area (Å²) in [7, 11) is 0. The fourth-order valence-electron chi connectivity index (χ4n) is 2.00. The van der Waals surface area contributed by atoms with Gasteiger partial charge in [-0.1, -0.05) is 0 Å². The molecule has 1 aromatic carbocycles. The highest BCUT2D eigenvalue weighted by molar-refractivity contribution is 5.81. The van der Waals surface area contributed by atoms with Crippen LogP contribution in [-0.4, -0.2) is 11.2 Å². The third kappa shape index (κ3) is 1.95. The van der Waals surface area contributed by atoms with Crippen molar-refractivity contribution < 1.29 is 9.13 Å². The Morgan fingerprint density at radius 2 is 2.06 bits per heavy atom. The summed E-state index contributed by atoms with van der Waals surface area (Å²) >= 11 is 0. The molecule has 16 heavy (non-hydrogen) atoms. The van der Waals surface area contributed by atoms with E-state index in [-0.39, 0.29) is 5.82 Å². The number of hydrogen-bond donors (Lipinski definition) is 0. The van der Waals surface area contributed by atoms with Crippen molar-refractivity contribution in [2.45, 2.75) is 27.0 Å². The van der Waals surface area contributed by atoms with E-state index in [1.54, 1.807) is 6.07 Å². The SMILES string of the molecule is CCOCc1cc2cc(F)ccc2n1CC. The van der Waals surface area contributed by atoms with E-state index >= 15 is 0 Å². The average molecular weight is 221 g/mol. The molecule has 0 fully saturated rings. The third-order valence-electron chi connectivity index (χ3n) is 2.72. The Morgan fingerprint density at radius 3 is 2.75 bits per heavy atom. The fourth-order valence-corrected chi connectivity index (χ4v) is 2.00. The minimum Gasteiger partial charge on any atom is -0.376 e. The molecule has 0 aliphatic rings. The number of nitrogens with zero attached hydrogens (tertiary/aromatic N) is 1. The normalized spacial score (nSPS) is 11.2. The molecule has 0 radical (unpaired) electrons. The number of aryl methyl sites for hydroxylation is 1. The van der Waals surface area contributed by atoms with E-state index < -0.39 is 0 Å². The Morgan fingerprint density at radius 1 is 1.25 bits per heavy atom. The zero-order valence-corrected chi connectivity index (χ0v) is 9.66. The van der Waals surface area contributed by atoms with Crippen molar-refractivity contribution in [2.24, 2.45) is 0 Å². The molecule has 0 unspecified atom stereocenters. The van der Waals surface area contributed by atoms with Crippen LogP contribution in [0, 0.1) is 5.82 Å². The molecule has 0 spiro atoms. The van der Waals surface area contributed by atoms with Crippen LogP contribution in [0.4, 0.5) is 4.39 Å². The molecule has 0 amide bonds. The Balaban J connectivity index is 2.48. The molecule has 0 N–H and O–H groups in total. The summed E-state index contributed by atoms with van der Waals surface area (Å²) in [6.45, 7) is 6.20. The zero-order chi connectivity index (χ0) is 11.5. The number of halogens is 1. The highest BCUT2D eigenvalue weighted by Gasteiger charge is 2.07. The lowest BCUT2D eigenvalue weighted by Gasteiger charge is -2.07. The summed E-state index contributed by atoms with van der Waals surface area (Å²) < 4.78 is 20.7. The maximum Gasteiger partial charge on any atom is 0.123 e. The van der Waals surface area contributed by atoms with Gasteiger partial charge in [0.15, 0.2) is 0 Å². The van der Waals surface area contributed by atoms with Crippen LogP contribution in [0.3, 0.4) is 0 Å². The Hall–Kier alpha value is -1.35. The van der Waals surface area contributed by atoms with Crippen LogP contribution in [0.2, 0.25) is 0 Å². The summed E-state index contributed by atoms with van der Waals surface area (Å²) in [6.07, 6.45) is 0. The number of fused-ring (bicyclic) bond motifs is 1. The number of aromatic nitrogens is 1. The van der Waals surface area contributed by atoms with Gasteiger partial charge in [-0.3, -0.25) is 0 Å². The molecule has 2 rings (SSSR count). The summed E-state index contributed by atoms with van der Waals surface area (Å²) in [4.78, 5) is 0. The highest BCUT2D eigenvalue weighted by Crippen LogP contribution is 2.21. The van der Waals surface area contributed by atoms with Gasteiger partial charge >= 0.3 is 0 Å². The van der Waals surface area contributed by atoms with Gasteiger partial charge in [0, 0.05) is 29.7 Å². The van der Waals surface area contributed by atoms with E-state index in [1.165, 1.54) is 6.07 Å². The molecule has 2 nitrogen and oxygen atoms in total. The maximum atomic E-state index is 13.1. The van der Waals surface area contributed by atoms with Gasteiger partial charge in [-0.15, -0.1) is 0 Å². The average Bonchev–Trinajstić information content (AvgIpc) is 2.62. The molecule has 0 saturated heterocycles. The van der Waals surface area contributed by atoms with Crippen LogP contribution in [0.25, 0.3) is 10.9 Å². The predicted molar refractivity (Wildman–Crippen MR) is 62.9 cm³/mol. The van der Waals surface area contributed by atoms with E-state index in [1.807, 2.05) is 19.1 Å². The van der Waals surface area contributed by atoms with Crippen molar-refractivity contribution in [2.75, 3.05) is 6.61 Å². The lowest BCUT2D eigenvalue weighted by atomic mass is 10.2. The summed E-state index contributed by atoms with van der Waals surface area (Å²) in [6, 6.07) is 6.89. The zero-order valence-electron chi connectivity index (χ0n) is 9.66. The van der Waals surface area contributed by atoms with Crippen LogP contribution in [-0.2, 0) is 17.9 Å². The van der Waals surface area contributed by atoms with Crippen LogP contribution in [0.15, 0.2) is 24.3 Å². The first-order valence-corrected chi connectivity index (χ1v) is 5.61. The van der Waals surface area contributed by atoms with Crippen molar-refractivity contribution in [3.63, 3.8) is 0 Å². The minimum absolute atomic E-state index is 0.191. The first kappa shape index (κ1) is 11.1. The van der Waals surface area contributed by atoms with Crippen LogP contribution < -0.4 is 0 Å². The fraction of sp³-hybridized carbons (Fsp3) is 0.385. The molecule has 86 valence electrons. The first-order valence-electron chi connectivity index (χ1n) is 5.61. The molecular weight excluding hydrogens is 205 g/mol. The van der Waals surface area contributed by atoms with Crippen molar-refractivity contribution in [1.29, 1.82) is 0 Å². The molecule has 0 aliphatic heterocycles. The van der Waals surface area contributed by atoms with Gasteiger partial charge in [-0.25, -0.2) is 4.39 Å². The number of hydrogen-bond acceptors (Lipinski definition) is 1. The van der Waals surface area contributed by atoms with E-state index in [0.29, 0.717) is 13.2 Å². The molecule has 0 aliphatic carbocycles. The third-order valence-corrected chi connectivity index (χ3v) is 2.72. The van der Waals surface area contributed by atoms with Gasteiger partial charge in [0.2, 0.25) is 0 Å². The molecule has 0 bridgehead atoms. The molecule has 3 heteroatoms. The molecule has 1 aromatic heterocycles. The Bertz CT molecular complexity index is 490. The van der Waals surface area contributed by atoms with Gasteiger partial charge in [0.1, 0.15) is 5.82 Å². The molecule has 0 saturated carbocycles. The van der Waals surface area contributed by atoms with Crippen LogP contribution >= 0.6 is 0 Å². The standard InChI is InChI=1S/C13H16FNO/c1-3-15-12(9-16-4-2)8-10-7-11(14)5-6-13(10)15/h5-8H,3-4,9H2,1-2H3. The van der Waals surface area contributed by atoms with E-state index in [2.05, 4.69) is 11.5 Å². The Labute approximate surface area is 94.6 Å². The van der Waals surface area contributed by atoms with Crippen molar-refractivity contribution in [1.82, 2.24) is 4.57 Å². The molecule has 1 heterocycles. The number of benzene rings is 1. The topological polar surface area (TPSA) is 14.2 Å². The Kier molecular flexibility index (Phi) is 3.25. The van der Waals surface area contributed by atoms with Crippen molar-refractivity contribution >= 4 is 10.9 Å². The number of rotatable bonds is 4. The molecule has 0 atom stereocenters. The summed E-state index contributed by atoms with van der Waals surface area (Å²) in [5.74, 6) is -0.191. The predicted octanol–water partition coefficient (Wildman–Crippen LogP) is 3.34. The van der Waals surface area contributed by atoms with Gasteiger partial charge in [0.25, 0.3) is 0 Å². The molecule has 2 aromatic rings. The lowest BCUT2D eigenvalue weighted by molar-refractivity contribution is 0.129. The van der Waals surface area contributed by atoms with Crippen LogP contribution in [0.1, 0.15) is 19.5 Å². The minimum atomic E-state index is -0.191. The molecular formula is C13H16FNO. The quantitative estimate of drug-likeness (QED) is 0.772. The smallest absolute Gasteiger partial charge is 0.123 e. The van der Waals surface area contributed by atoms with Crippen LogP contribution in [0.5, 0.6) is 0 Å². The van der Waals surface area contributed by atoms with Crippen molar-refractivity contribution in [3.8, 4) is 0 Å². The van der Waals surface area contributed by atoms with Crippen molar-refractivity contribution in [3.05, 3.63) is 35.8 Å². The highest BCUT2D eigenvalue weighted by atomic mass is 19.1. The largest absolute Gasteiger partial charge is 0.376 e. The summed E-state index contributed by atoms with van der Waals surface area (Å²) in [5, 5.41) is 0.941. The lowest BCUT2D eigenvalue weighted by Crippen LogP contribution is -2.02. The van der Waals surface area contributed by atoms with E-state index in [4.69, 9.17) is 4.74 Å². The monoisotopic (exact) mass is 221 g/mol. The van der Waals surface area contributed by atoms with E-state index in [9.17, 15) is 4.39 Å². The second-order valence-electron chi connectivity index (χ2n) is 3.72. The second-order valence-corrected chi connectivity index (χ2v) is 3.72. The van der Waals surface area contributed by atoms with Gasteiger partial charge in [0.05, 0.1) is 6.61 Å². The first-order chi connectivity index (χ1) is 7.76. The van der Waals surface area contributed by atoms with Gasteiger partial charge in [-0.05, 0) is 38.1 Å². The summed E-state index contributed by atoms with van der Waals surface area (Å²) in [5.41, 5.74) is 2.17.